The molecule has 3 aromatic rings. The average Bonchev–Trinajstić information content (AvgIpc) is 2.92. The van der Waals surface area contributed by atoms with E-state index in [2.05, 4.69) is 92.2 Å². The number of benzene rings is 3. The zero-order valence-electron chi connectivity index (χ0n) is 22.9. The van der Waals surface area contributed by atoms with Gasteiger partial charge in [0.1, 0.15) is 0 Å². The van der Waals surface area contributed by atoms with E-state index in [0.29, 0.717) is 0 Å². The molecule has 1 N–H and O–H groups in total. The summed E-state index contributed by atoms with van der Waals surface area (Å²) >= 11 is 0. The van der Waals surface area contributed by atoms with Gasteiger partial charge < -0.3 is 0 Å². The van der Waals surface area contributed by atoms with E-state index in [4.69, 9.17) is 0 Å². The van der Waals surface area contributed by atoms with E-state index >= 15 is 0 Å². The minimum Gasteiger partial charge on any atom is -0.242 e. The molecule has 5 rings (SSSR count). The fourth-order valence-electron chi connectivity index (χ4n) is 6.36. The van der Waals surface area contributed by atoms with Gasteiger partial charge in [0.15, 0.2) is 0 Å². The second-order valence-corrected chi connectivity index (χ2v) is 16.8. The van der Waals surface area contributed by atoms with Gasteiger partial charge in [-0.25, -0.2) is 8.93 Å². The Hall–Kier alpha value is -1.54. The third-order valence-electron chi connectivity index (χ3n) is 8.35. The first-order chi connectivity index (χ1) is 17.9. The smallest absolute Gasteiger partial charge is 0.0979 e. The number of hydrogen-bond donors (Lipinski definition) is 1. The molecule has 37 heavy (non-hydrogen) atoms. The molecule has 0 saturated heterocycles. The molecular weight excluding hydrogens is 489 g/mol. The van der Waals surface area contributed by atoms with Gasteiger partial charge in [-0.15, -0.1) is 0 Å². The first kappa shape index (κ1) is 27.0. The lowest BCUT2D eigenvalue weighted by Crippen LogP contribution is -2.38. The quantitative estimate of drug-likeness (QED) is 0.302. The van der Waals surface area contributed by atoms with E-state index < -0.39 is 11.0 Å². The summed E-state index contributed by atoms with van der Waals surface area (Å²) in [5, 5.41) is 4.07. The molecule has 2 atom stereocenters. The minimum atomic E-state index is -1.18. The van der Waals surface area contributed by atoms with Crippen LogP contribution in [0, 0.1) is 0 Å². The summed E-state index contributed by atoms with van der Waals surface area (Å²) in [5.74, 6) is 0. The van der Waals surface area contributed by atoms with E-state index in [0.717, 1.165) is 11.3 Å². The van der Waals surface area contributed by atoms with E-state index in [-0.39, 0.29) is 18.7 Å². The summed E-state index contributed by atoms with van der Waals surface area (Å²) in [6, 6.07) is 24.5. The molecule has 198 valence electrons. The van der Waals surface area contributed by atoms with E-state index in [9.17, 15) is 4.21 Å². The molecule has 0 spiro atoms. The van der Waals surface area contributed by atoms with Crippen LogP contribution in [0.2, 0.25) is 0 Å². The molecule has 3 aromatic carbocycles. The summed E-state index contributed by atoms with van der Waals surface area (Å²) in [6.07, 6.45) is 13.9. The fraction of sp³-hybridized carbons (Fsp3) is 0.515. The van der Waals surface area contributed by atoms with Crippen LogP contribution in [0.15, 0.2) is 66.7 Å². The topological polar surface area (TPSA) is 29.1 Å². The van der Waals surface area contributed by atoms with Crippen molar-refractivity contribution in [2.24, 2.45) is 0 Å². The molecule has 0 aromatic heterocycles. The Bertz CT molecular complexity index is 1190. The number of nitrogens with one attached hydrogen (secondary N) is 1. The molecule has 2 fully saturated rings. The fourth-order valence-corrected chi connectivity index (χ4v) is 11.2. The van der Waals surface area contributed by atoms with E-state index in [1.807, 2.05) is 0 Å². The van der Waals surface area contributed by atoms with Crippen LogP contribution in [0.5, 0.6) is 0 Å². The van der Waals surface area contributed by atoms with Crippen LogP contribution in [-0.2, 0) is 11.0 Å². The van der Waals surface area contributed by atoms with Crippen molar-refractivity contribution in [2.75, 3.05) is 0 Å². The summed E-state index contributed by atoms with van der Waals surface area (Å²) < 4.78 is 16.9. The summed E-state index contributed by atoms with van der Waals surface area (Å²) in [7, 11) is -1.44. The molecule has 0 amide bonds. The zero-order valence-corrected chi connectivity index (χ0v) is 24.6. The number of rotatable bonds is 7. The highest BCUT2D eigenvalue weighted by Crippen LogP contribution is 2.56. The summed E-state index contributed by atoms with van der Waals surface area (Å²) in [4.78, 5) is 0. The van der Waals surface area contributed by atoms with Gasteiger partial charge in [0.05, 0.1) is 21.8 Å². The maximum atomic E-state index is 13.6. The molecule has 0 radical (unpaired) electrons. The van der Waals surface area contributed by atoms with Crippen molar-refractivity contribution in [3.8, 4) is 0 Å². The van der Waals surface area contributed by atoms with Crippen molar-refractivity contribution in [2.45, 2.75) is 107 Å². The van der Waals surface area contributed by atoms with E-state index in [1.54, 1.807) is 5.30 Å². The Morgan fingerprint density at radius 2 is 1.32 bits per heavy atom. The first-order valence-corrected chi connectivity index (χ1v) is 17.1. The highest BCUT2D eigenvalue weighted by molar-refractivity contribution is 7.84. The third kappa shape index (κ3) is 6.38. The number of fused-ring (bicyclic) bond motifs is 1. The molecule has 0 heterocycles. The normalized spacial score (nSPS) is 19.8. The minimum absolute atomic E-state index is 0.0851. The van der Waals surface area contributed by atoms with Crippen LogP contribution in [0.1, 0.15) is 102 Å². The zero-order chi connectivity index (χ0) is 25.8. The maximum Gasteiger partial charge on any atom is 0.0979 e. The summed E-state index contributed by atoms with van der Waals surface area (Å²) in [5.41, 5.74) is 4.24. The molecular formula is C33H44NOPS. The molecule has 2 aliphatic rings. The van der Waals surface area contributed by atoms with Crippen molar-refractivity contribution in [1.29, 1.82) is 0 Å². The van der Waals surface area contributed by atoms with Gasteiger partial charge in [-0.3, -0.25) is 0 Å². The molecule has 1 unspecified atom stereocenters. The molecule has 2 saturated carbocycles. The predicted octanol–water partition coefficient (Wildman–Crippen LogP) is 8.75. The largest absolute Gasteiger partial charge is 0.242 e. The van der Waals surface area contributed by atoms with Gasteiger partial charge in [-0.05, 0) is 91.0 Å². The Morgan fingerprint density at radius 1 is 0.757 bits per heavy atom. The standard InChI is InChI=1S/C33H44NOPS/c1-33(2,3)37(35)34-32(27-23-22-25-14-10-11-15-26(25)24-27)30-20-12-13-21-31(30)36(28-16-6-4-7-17-28)29-18-8-5-9-19-29/h10-15,20-24,28-29,32,34H,4-9,16-19H2,1-3H3/t32?,37-/m1/s1. The highest BCUT2D eigenvalue weighted by atomic mass is 32.2. The third-order valence-corrected chi connectivity index (χ3v) is 13.5. The van der Waals surface area contributed by atoms with Crippen molar-refractivity contribution in [3.63, 3.8) is 0 Å². The number of hydrogen-bond acceptors (Lipinski definition) is 1. The van der Waals surface area contributed by atoms with Crippen LogP contribution in [0.3, 0.4) is 0 Å². The van der Waals surface area contributed by atoms with Crippen LogP contribution >= 0.6 is 7.92 Å². The second-order valence-electron chi connectivity index (χ2n) is 12.1. The van der Waals surface area contributed by atoms with Gasteiger partial charge in [0, 0.05) is 0 Å². The first-order valence-electron chi connectivity index (χ1n) is 14.5. The summed E-state index contributed by atoms with van der Waals surface area (Å²) in [6.45, 7) is 6.20. The molecule has 0 aliphatic heterocycles. The Labute approximate surface area is 228 Å². The lowest BCUT2D eigenvalue weighted by atomic mass is 9.97. The van der Waals surface area contributed by atoms with Crippen LogP contribution in [0.4, 0.5) is 0 Å². The van der Waals surface area contributed by atoms with Crippen molar-refractivity contribution < 1.29 is 4.21 Å². The molecule has 0 bridgehead atoms. The molecule has 2 nitrogen and oxygen atoms in total. The average molecular weight is 534 g/mol. The van der Waals surface area contributed by atoms with Gasteiger partial charge in [-0.1, -0.05) is 107 Å². The second kappa shape index (κ2) is 12.1. The van der Waals surface area contributed by atoms with Crippen LogP contribution in [-0.4, -0.2) is 20.3 Å². The Kier molecular flexibility index (Phi) is 8.85. The maximum absolute atomic E-state index is 13.6. The molecule has 2 aliphatic carbocycles. The van der Waals surface area contributed by atoms with Crippen molar-refractivity contribution in [1.82, 2.24) is 4.72 Å². The SMILES string of the molecule is CC(C)(C)[S@@](=O)NC(c1ccc2ccccc2c1)c1ccccc1P(C1CCCCC1)C1CCCCC1. The van der Waals surface area contributed by atoms with Gasteiger partial charge in [-0.2, -0.15) is 0 Å². The lowest BCUT2D eigenvalue weighted by Gasteiger charge is -2.40. The Morgan fingerprint density at radius 3 is 1.95 bits per heavy atom. The predicted molar refractivity (Wildman–Crippen MR) is 164 cm³/mol. The van der Waals surface area contributed by atoms with Crippen molar-refractivity contribution >= 4 is 35.0 Å². The van der Waals surface area contributed by atoms with Crippen LogP contribution in [0.25, 0.3) is 10.8 Å². The van der Waals surface area contributed by atoms with Crippen molar-refractivity contribution in [3.05, 3.63) is 77.9 Å². The van der Waals surface area contributed by atoms with Gasteiger partial charge in [0.2, 0.25) is 0 Å². The lowest BCUT2D eigenvalue weighted by molar-refractivity contribution is 0.487. The van der Waals surface area contributed by atoms with E-state index in [1.165, 1.54) is 86.1 Å². The van der Waals surface area contributed by atoms with Gasteiger partial charge in [0.25, 0.3) is 0 Å². The molecule has 4 heteroatoms. The van der Waals surface area contributed by atoms with Crippen LogP contribution < -0.4 is 10.0 Å². The Balaban J connectivity index is 1.62. The van der Waals surface area contributed by atoms with Gasteiger partial charge >= 0.3 is 0 Å². The monoisotopic (exact) mass is 533 g/mol. The highest BCUT2D eigenvalue weighted by Gasteiger charge is 2.35.